The van der Waals surface area contributed by atoms with Gasteiger partial charge in [0.1, 0.15) is 5.60 Å². The minimum Gasteiger partial charge on any atom is -0.550 e. The van der Waals surface area contributed by atoms with Crippen LogP contribution in [0.4, 0.5) is 0 Å². The second-order valence-corrected chi connectivity index (χ2v) is 2.42. The molecule has 0 aromatic heterocycles. The molecule has 0 unspecified atom stereocenters. The summed E-state index contributed by atoms with van der Waals surface area (Å²) in [6.07, 6.45) is -2.72. The minimum atomic E-state index is -2.97. The van der Waals surface area contributed by atoms with Crippen LogP contribution in [0.25, 0.3) is 0 Å². The third-order valence-electron chi connectivity index (χ3n) is 1.25. The molecule has 15 heavy (non-hydrogen) atoms. The summed E-state index contributed by atoms with van der Waals surface area (Å²) in [5.41, 5.74) is -2.97. The molecule has 0 atom stereocenters. The number of carbonyl (C=O) groups excluding carboxylic acids is 3. The Morgan fingerprint density at radius 3 is 1.40 bits per heavy atom. The van der Waals surface area contributed by atoms with Gasteiger partial charge in [-0.25, -0.2) is 0 Å². The monoisotopic (exact) mass is 390 g/mol. The molecule has 0 rings (SSSR count). The molecule has 4 N–H and O–H groups in total. The quantitative estimate of drug-likeness (QED) is 0.469. The molecule has 0 fully saturated rings. The van der Waals surface area contributed by atoms with Crippen molar-refractivity contribution in [3.05, 3.63) is 0 Å². The topological polar surface area (TPSA) is 176 Å². The Labute approximate surface area is 98.7 Å². The zero-order valence-electron chi connectivity index (χ0n) is 7.43. The maximum absolute atomic E-state index is 10.1. The van der Waals surface area contributed by atoms with Gasteiger partial charge in [-0.05, 0) is 0 Å². The van der Waals surface area contributed by atoms with Crippen molar-refractivity contribution in [2.45, 2.75) is 18.4 Å². The van der Waals surface area contributed by atoms with E-state index in [-0.39, 0.29) is 27.2 Å². The number of aliphatic hydroxyl groups is 1. The Morgan fingerprint density at radius 1 is 1.00 bits per heavy atom. The summed E-state index contributed by atoms with van der Waals surface area (Å²) in [7, 11) is 0. The molecular formula is C6H8NO7W-3. The van der Waals surface area contributed by atoms with Crippen LogP contribution in [-0.2, 0) is 35.4 Å². The second-order valence-electron chi connectivity index (χ2n) is 2.42. The number of hydrogen-bond donors (Lipinski definition) is 2. The first-order chi connectivity index (χ1) is 5.78. The van der Waals surface area contributed by atoms with E-state index in [0.717, 1.165) is 0 Å². The van der Waals surface area contributed by atoms with E-state index in [2.05, 4.69) is 0 Å². The number of aliphatic carboxylic acids is 3. The van der Waals surface area contributed by atoms with Gasteiger partial charge in [0, 0.05) is 45.8 Å². The van der Waals surface area contributed by atoms with Crippen LogP contribution < -0.4 is 21.5 Å². The average molecular weight is 390 g/mol. The third-order valence-corrected chi connectivity index (χ3v) is 1.25. The van der Waals surface area contributed by atoms with Crippen LogP contribution in [0.15, 0.2) is 0 Å². The molecule has 0 aliphatic carbocycles. The van der Waals surface area contributed by atoms with Gasteiger partial charge in [0.15, 0.2) is 0 Å². The maximum atomic E-state index is 10.1. The largest absolute Gasteiger partial charge is 0.550 e. The van der Waals surface area contributed by atoms with Gasteiger partial charge in [0.25, 0.3) is 0 Å². The van der Waals surface area contributed by atoms with Crippen molar-refractivity contribution >= 4 is 17.9 Å². The van der Waals surface area contributed by atoms with Gasteiger partial charge in [-0.15, -0.1) is 0 Å². The van der Waals surface area contributed by atoms with Crippen molar-refractivity contribution in [2.24, 2.45) is 0 Å². The first-order valence-electron chi connectivity index (χ1n) is 3.11. The van der Waals surface area contributed by atoms with Crippen LogP contribution >= 0.6 is 0 Å². The van der Waals surface area contributed by atoms with Crippen molar-refractivity contribution in [2.75, 3.05) is 0 Å². The summed E-state index contributed by atoms with van der Waals surface area (Å²) in [5.74, 6) is -5.98. The van der Waals surface area contributed by atoms with E-state index in [0.29, 0.717) is 0 Å². The van der Waals surface area contributed by atoms with E-state index < -0.39 is 36.4 Å². The molecule has 0 aromatic carbocycles. The summed E-state index contributed by atoms with van der Waals surface area (Å²) < 4.78 is 0. The molecule has 0 saturated carbocycles. The molecule has 0 spiro atoms. The Balaban J connectivity index is -0.000000720. The van der Waals surface area contributed by atoms with Crippen LogP contribution in [-0.4, -0.2) is 28.6 Å². The number of hydrogen-bond acceptors (Lipinski definition) is 8. The van der Waals surface area contributed by atoms with Crippen molar-refractivity contribution in [1.82, 2.24) is 6.15 Å². The zero-order chi connectivity index (χ0) is 10.6. The molecule has 8 nitrogen and oxygen atoms in total. The molecule has 0 bridgehead atoms. The van der Waals surface area contributed by atoms with Gasteiger partial charge < -0.3 is 41.0 Å². The van der Waals surface area contributed by atoms with Gasteiger partial charge in [-0.3, -0.25) is 0 Å². The van der Waals surface area contributed by atoms with Gasteiger partial charge in [0.05, 0.1) is 5.97 Å². The van der Waals surface area contributed by atoms with Gasteiger partial charge >= 0.3 is 0 Å². The second kappa shape index (κ2) is 7.33. The van der Waals surface area contributed by atoms with Crippen molar-refractivity contribution in [3.8, 4) is 0 Å². The molecule has 0 aliphatic rings. The van der Waals surface area contributed by atoms with E-state index in [1.54, 1.807) is 0 Å². The predicted molar refractivity (Wildman–Crippen MR) is 34.2 cm³/mol. The van der Waals surface area contributed by atoms with E-state index in [9.17, 15) is 29.7 Å². The third kappa shape index (κ3) is 7.01. The van der Waals surface area contributed by atoms with Crippen LogP contribution in [0.2, 0.25) is 0 Å². The Hall–Kier alpha value is -0.982. The molecule has 0 aromatic rings. The summed E-state index contributed by atoms with van der Waals surface area (Å²) in [6.45, 7) is 0. The summed E-state index contributed by atoms with van der Waals surface area (Å²) in [6, 6.07) is 0. The smallest absolute Gasteiger partial charge is 0.114 e. The van der Waals surface area contributed by atoms with Crippen LogP contribution in [0.3, 0.4) is 0 Å². The predicted octanol–water partition coefficient (Wildman–Crippen LogP) is -5.09. The fraction of sp³-hybridized carbons (Fsp3) is 0.500. The zero-order valence-corrected chi connectivity index (χ0v) is 10.4. The molecule has 9 heteroatoms. The van der Waals surface area contributed by atoms with Gasteiger partial charge in [-0.2, -0.15) is 0 Å². The van der Waals surface area contributed by atoms with Crippen molar-refractivity contribution < 1.29 is 55.9 Å². The first-order valence-corrected chi connectivity index (χ1v) is 3.11. The molecule has 0 heterocycles. The van der Waals surface area contributed by atoms with E-state index in [1.165, 1.54) is 0 Å². The van der Waals surface area contributed by atoms with Gasteiger partial charge in [0.2, 0.25) is 0 Å². The van der Waals surface area contributed by atoms with Crippen molar-refractivity contribution in [3.63, 3.8) is 0 Å². The van der Waals surface area contributed by atoms with Crippen molar-refractivity contribution in [1.29, 1.82) is 0 Å². The fourth-order valence-electron chi connectivity index (χ4n) is 0.684. The number of rotatable bonds is 5. The molecule has 88 valence electrons. The first kappa shape index (κ1) is 19.6. The molecule has 0 aliphatic heterocycles. The number of carbonyl (C=O) groups is 3. The van der Waals surface area contributed by atoms with E-state index in [4.69, 9.17) is 5.11 Å². The summed E-state index contributed by atoms with van der Waals surface area (Å²) in [5, 5.41) is 38.9. The minimum absolute atomic E-state index is 0. The summed E-state index contributed by atoms with van der Waals surface area (Å²) >= 11 is 0. The Morgan fingerprint density at radius 2 is 1.27 bits per heavy atom. The molecule has 0 amide bonds. The standard InChI is InChI=1S/C6H8O7.H3N.W/c7-3(8)1-6(13,5(11)12)2-4(9)10;;/h13H,1-2H2,(H,7,8)(H,9,10)(H,11,12);1H3;/p-3. The number of carboxylic acid groups (broad SMARTS) is 3. The van der Waals surface area contributed by atoms with E-state index in [1.807, 2.05) is 0 Å². The maximum Gasteiger partial charge on any atom is 0.114 e. The Kier molecular flexibility index (Phi) is 9.56. The fourth-order valence-corrected chi connectivity index (χ4v) is 0.684. The summed E-state index contributed by atoms with van der Waals surface area (Å²) in [4.78, 5) is 30.0. The normalized spacial score (nSPS) is 9.40. The molecule has 0 saturated heterocycles. The van der Waals surface area contributed by atoms with Crippen LogP contribution in [0, 0.1) is 0 Å². The van der Waals surface area contributed by atoms with Gasteiger partial charge in [-0.1, -0.05) is 0 Å². The Bertz CT molecular complexity index is 238. The molecular weight excluding hydrogens is 382 g/mol. The SMILES string of the molecule is N.O=C([O-])CC(O)(CC(=O)[O-])C(=O)[O-].[W]. The van der Waals surface area contributed by atoms with Crippen LogP contribution in [0.1, 0.15) is 12.8 Å². The van der Waals surface area contributed by atoms with E-state index >= 15 is 0 Å². The number of carboxylic acids is 3. The molecule has 0 radical (unpaired) electrons. The van der Waals surface area contributed by atoms with Crippen LogP contribution in [0.5, 0.6) is 0 Å². The average Bonchev–Trinajstić information content (AvgIpc) is 1.82.